The zero-order valence-corrected chi connectivity index (χ0v) is 16.9. The summed E-state index contributed by atoms with van der Waals surface area (Å²) in [7, 11) is 0. The Kier molecular flexibility index (Phi) is 6.72. The van der Waals surface area contributed by atoms with Crippen LogP contribution in [0.3, 0.4) is 0 Å². The average molecular weight is 445 g/mol. The van der Waals surface area contributed by atoms with Crippen molar-refractivity contribution in [2.75, 3.05) is 5.32 Å². The molecule has 0 fully saturated rings. The largest absolute Gasteiger partial charge is 0.488 e. The second-order valence-electron chi connectivity index (χ2n) is 5.75. The molecule has 3 aromatic carbocycles. The summed E-state index contributed by atoms with van der Waals surface area (Å²) in [5.41, 5.74) is 1.86. The topological polar surface area (TPSA) is 21.3 Å². The van der Waals surface area contributed by atoms with Crippen molar-refractivity contribution < 1.29 is 9.13 Å². The minimum Gasteiger partial charge on any atom is -0.488 e. The van der Waals surface area contributed by atoms with E-state index in [4.69, 9.17) is 51.1 Å². The van der Waals surface area contributed by atoms with E-state index >= 15 is 0 Å². The van der Waals surface area contributed by atoms with Gasteiger partial charge in [0, 0.05) is 38.4 Å². The molecule has 0 heterocycles. The first kappa shape index (κ1) is 20.1. The number of benzene rings is 3. The predicted octanol–water partition coefficient (Wildman–Crippen LogP) is 7.63. The molecule has 27 heavy (non-hydrogen) atoms. The Balaban J connectivity index is 1.76. The quantitative estimate of drug-likeness (QED) is 0.421. The van der Waals surface area contributed by atoms with Crippen LogP contribution in [0.5, 0.6) is 5.75 Å². The van der Waals surface area contributed by atoms with Crippen LogP contribution in [0, 0.1) is 5.82 Å². The highest BCUT2D eigenvalue weighted by Crippen LogP contribution is 2.28. The van der Waals surface area contributed by atoms with Crippen LogP contribution in [-0.4, -0.2) is 0 Å². The number of hydrogen-bond donors (Lipinski definition) is 1. The van der Waals surface area contributed by atoms with Crippen LogP contribution < -0.4 is 10.1 Å². The lowest BCUT2D eigenvalue weighted by molar-refractivity contribution is 0.297. The van der Waals surface area contributed by atoms with Crippen molar-refractivity contribution in [2.45, 2.75) is 13.2 Å². The highest BCUT2D eigenvalue weighted by molar-refractivity contribution is 6.35. The van der Waals surface area contributed by atoms with Gasteiger partial charge in [0.2, 0.25) is 0 Å². The minimum atomic E-state index is -0.412. The fourth-order valence-electron chi connectivity index (χ4n) is 2.50. The van der Waals surface area contributed by atoms with Gasteiger partial charge in [-0.05, 0) is 48.5 Å². The second kappa shape index (κ2) is 9.03. The number of halogens is 5. The van der Waals surface area contributed by atoms with Gasteiger partial charge in [0.05, 0.1) is 5.02 Å². The highest BCUT2D eigenvalue weighted by atomic mass is 35.5. The van der Waals surface area contributed by atoms with Crippen LogP contribution in [0.1, 0.15) is 11.1 Å². The molecule has 0 aliphatic carbocycles. The Morgan fingerprint density at radius 1 is 0.852 bits per heavy atom. The summed E-state index contributed by atoms with van der Waals surface area (Å²) in [6, 6.07) is 14.9. The standard InChI is InChI=1S/C20H14Cl4FNO/c21-13-4-5-20(27-11-17-18(24)2-1-3-19(17)25)12(6-13)10-26-16-8-14(22)7-15(23)9-16/h1-9,26H,10-11H2. The number of hydrogen-bond acceptors (Lipinski definition) is 2. The van der Waals surface area contributed by atoms with Crippen molar-refractivity contribution in [1.82, 2.24) is 0 Å². The maximum absolute atomic E-state index is 13.9. The molecule has 0 radical (unpaired) electrons. The van der Waals surface area contributed by atoms with Crippen molar-refractivity contribution in [3.8, 4) is 5.75 Å². The molecule has 140 valence electrons. The Labute approximate surface area is 176 Å². The van der Waals surface area contributed by atoms with Crippen molar-refractivity contribution >= 4 is 52.1 Å². The van der Waals surface area contributed by atoms with E-state index < -0.39 is 5.82 Å². The van der Waals surface area contributed by atoms with Crippen molar-refractivity contribution in [1.29, 1.82) is 0 Å². The van der Waals surface area contributed by atoms with Gasteiger partial charge in [0.25, 0.3) is 0 Å². The molecule has 0 amide bonds. The second-order valence-corrected chi connectivity index (χ2v) is 7.47. The SMILES string of the molecule is Fc1cccc(Cl)c1COc1ccc(Cl)cc1CNc1cc(Cl)cc(Cl)c1. The monoisotopic (exact) mass is 443 g/mol. The highest BCUT2D eigenvalue weighted by Gasteiger charge is 2.11. The molecule has 0 bridgehead atoms. The lowest BCUT2D eigenvalue weighted by atomic mass is 10.2. The van der Waals surface area contributed by atoms with Gasteiger partial charge in [-0.15, -0.1) is 0 Å². The van der Waals surface area contributed by atoms with E-state index in [1.807, 2.05) is 0 Å². The van der Waals surface area contributed by atoms with Gasteiger partial charge in [-0.1, -0.05) is 52.5 Å². The smallest absolute Gasteiger partial charge is 0.131 e. The first-order valence-electron chi connectivity index (χ1n) is 7.96. The molecule has 0 aromatic heterocycles. The molecule has 0 aliphatic heterocycles. The van der Waals surface area contributed by atoms with E-state index in [1.54, 1.807) is 48.5 Å². The van der Waals surface area contributed by atoms with E-state index in [0.717, 1.165) is 11.3 Å². The van der Waals surface area contributed by atoms with Gasteiger partial charge in [-0.3, -0.25) is 0 Å². The van der Waals surface area contributed by atoms with Crippen LogP contribution in [0.2, 0.25) is 20.1 Å². The Hall–Kier alpha value is -1.65. The van der Waals surface area contributed by atoms with E-state index in [2.05, 4.69) is 5.32 Å². The zero-order valence-electron chi connectivity index (χ0n) is 13.9. The Morgan fingerprint density at radius 3 is 2.30 bits per heavy atom. The van der Waals surface area contributed by atoms with Crippen LogP contribution in [0.25, 0.3) is 0 Å². The molecule has 3 rings (SSSR count). The van der Waals surface area contributed by atoms with Crippen LogP contribution in [0.4, 0.5) is 10.1 Å². The molecule has 0 atom stereocenters. The molecular formula is C20H14Cl4FNO. The van der Waals surface area contributed by atoms with Crippen LogP contribution >= 0.6 is 46.4 Å². The maximum Gasteiger partial charge on any atom is 0.131 e. The van der Waals surface area contributed by atoms with E-state index in [1.165, 1.54) is 6.07 Å². The zero-order chi connectivity index (χ0) is 19.4. The molecular weight excluding hydrogens is 431 g/mol. The first-order valence-corrected chi connectivity index (χ1v) is 9.47. The number of anilines is 1. The Bertz CT molecular complexity index is 924. The Morgan fingerprint density at radius 2 is 1.59 bits per heavy atom. The summed E-state index contributed by atoms with van der Waals surface area (Å²) < 4.78 is 19.7. The summed E-state index contributed by atoms with van der Waals surface area (Å²) in [6.07, 6.45) is 0. The molecule has 7 heteroatoms. The summed E-state index contributed by atoms with van der Waals surface area (Å²) in [5, 5.41) is 5.16. The van der Waals surface area contributed by atoms with Gasteiger partial charge in [0.1, 0.15) is 18.2 Å². The maximum atomic E-state index is 13.9. The molecule has 0 aliphatic rings. The third-order valence-electron chi connectivity index (χ3n) is 3.80. The van der Waals surface area contributed by atoms with Gasteiger partial charge < -0.3 is 10.1 Å². The van der Waals surface area contributed by atoms with E-state index in [9.17, 15) is 4.39 Å². The normalized spacial score (nSPS) is 10.7. The summed E-state index contributed by atoms with van der Waals surface area (Å²) >= 11 is 24.2. The number of ether oxygens (including phenoxy) is 1. The predicted molar refractivity (Wildman–Crippen MR) is 111 cm³/mol. The van der Waals surface area contributed by atoms with Crippen LogP contribution in [0.15, 0.2) is 54.6 Å². The summed E-state index contributed by atoms with van der Waals surface area (Å²) in [5.74, 6) is 0.157. The molecule has 1 N–H and O–H groups in total. The van der Waals surface area contributed by atoms with Crippen LogP contribution in [-0.2, 0) is 13.2 Å². The molecule has 0 spiro atoms. The number of nitrogens with one attached hydrogen (secondary N) is 1. The van der Waals surface area contributed by atoms with Crippen molar-refractivity contribution in [3.63, 3.8) is 0 Å². The molecule has 0 saturated heterocycles. The molecule has 0 unspecified atom stereocenters. The van der Waals surface area contributed by atoms with E-state index in [0.29, 0.717) is 37.9 Å². The molecule has 3 aromatic rings. The summed E-state index contributed by atoms with van der Waals surface area (Å²) in [6.45, 7) is 0.417. The third-order valence-corrected chi connectivity index (χ3v) is 4.83. The van der Waals surface area contributed by atoms with E-state index in [-0.39, 0.29) is 6.61 Å². The van der Waals surface area contributed by atoms with Crippen molar-refractivity contribution in [2.24, 2.45) is 0 Å². The lowest BCUT2D eigenvalue weighted by Crippen LogP contribution is -2.05. The lowest BCUT2D eigenvalue weighted by Gasteiger charge is -2.14. The number of rotatable bonds is 6. The van der Waals surface area contributed by atoms with Gasteiger partial charge in [0.15, 0.2) is 0 Å². The fraction of sp³-hybridized carbons (Fsp3) is 0.100. The summed E-state index contributed by atoms with van der Waals surface area (Å²) in [4.78, 5) is 0. The fourth-order valence-corrected chi connectivity index (χ4v) is 3.44. The average Bonchev–Trinajstić information content (AvgIpc) is 2.60. The molecule has 0 saturated carbocycles. The van der Waals surface area contributed by atoms with Gasteiger partial charge >= 0.3 is 0 Å². The third kappa shape index (κ3) is 5.43. The molecule has 2 nitrogen and oxygen atoms in total. The van der Waals surface area contributed by atoms with Gasteiger partial charge in [-0.25, -0.2) is 4.39 Å². The minimum absolute atomic E-state index is 0.00311. The first-order chi connectivity index (χ1) is 12.9. The van der Waals surface area contributed by atoms with Crippen molar-refractivity contribution in [3.05, 3.63) is 91.6 Å². The van der Waals surface area contributed by atoms with Gasteiger partial charge in [-0.2, -0.15) is 0 Å².